The minimum Gasteiger partial charge on any atom is -0.376 e. The molecular formula is C21H28FN5O2S. The first-order valence-corrected chi connectivity index (χ1v) is 11.6. The molecule has 2 aliphatic rings. The molecule has 30 heavy (non-hydrogen) atoms. The topological polar surface area (TPSA) is 72.3 Å². The lowest BCUT2D eigenvalue weighted by Gasteiger charge is -2.20. The molecule has 1 N–H and O–H groups in total. The normalized spacial score (nSPS) is 18.8. The molecule has 9 heteroatoms. The van der Waals surface area contributed by atoms with Crippen molar-refractivity contribution < 1.29 is 13.9 Å². The molecule has 2 saturated heterocycles. The summed E-state index contributed by atoms with van der Waals surface area (Å²) in [6.45, 7) is 4.06. The van der Waals surface area contributed by atoms with Crippen molar-refractivity contribution in [3.8, 4) is 0 Å². The van der Waals surface area contributed by atoms with Crippen LogP contribution >= 0.6 is 11.8 Å². The number of nitrogens with zero attached hydrogens (tertiary/aromatic N) is 4. The number of benzene rings is 1. The predicted molar refractivity (Wildman–Crippen MR) is 114 cm³/mol. The molecule has 0 radical (unpaired) electrons. The molecule has 2 aromatic rings. The van der Waals surface area contributed by atoms with E-state index >= 15 is 0 Å². The maximum absolute atomic E-state index is 13.0. The molecule has 1 aromatic carbocycles. The van der Waals surface area contributed by atoms with E-state index in [1.807, 2.05) is 0 Å². The van der Waals surface area contributed by atoms with Gasteiger partial charge in [0, 0.05) is 26.2 Å². The van der Waals surface area contributed by atoms with Crippen molar-refractivity contribution in [1.29, 1.82) is 0 Å². The molecule has 2 fully saturated rings. The lowest BCUT2D eigenvalue weighted by molar-refractivity contribution is -0.118. The fourth-order valence-electron chi connectivity index (χ4n) is 3.87. The van der Waals surface area contributed by atoms with Crippen LogP contribution in [0.5, 0.6) is 0 Å². The van der Waals surface area contributed by atoms with Crippen LogP contribution in [0.4, 0.5) is 10.3 Å². The minimum atomic E-state index is -0.250. The Morgan fingerprint density at radius 2 is 2.00 bits per heavy atom. The monoisotopic (exact) mass is 433 g/mol. The van der Waals surface area contributed by atoms with Crippen LogP contribution in [0.25, 0.3) is 0 Å². The van der Waals surface area contributed by atoms with Crippen LogP contribution in [0.1, 0.15) is 31.2 Å². The van der Waals surface area contributed by atoms with Crippen LogP contribution < -0.4 is 10.2 Å². The van der Waals surface area contributed by atoms with Gasteiger partial charge in [-0.3, -0.25) is 9.36 Å². The second-order valence-corrected chi connectivity index (χ2v) is 8.68. The number of anilines is 1. The lowest BCUT2D eigenvalue weighted by Crippen LogP contribution is -2.28. The molecule has 3 heterocycles. The lowest BCUT2D eigenvalue weighted by atomic mass is 10.1. The number of amides is 1. The van der Waals surface area contributed by atoms with E-state index < -0.39 is 0 Å². The molecule has 1 atom stereocenters. The Labute approximate surface area is 180 Å². The van der Waals surface area contributed by atoms with Crippen molar-refractivity contribution in [3.63, 3.8) is 0 Å². The van der Waals surface area contributed by atoms with E-state index in [1.165, 1.54) is 36.7 Å². The number of aromatic nitrogens is 3. The van der Waals surface area contributed by atoms with Gasteiger partial charge in [-0.05, 0) is 49.8 Å². The molecule has 0 aliphatic carbocycles. The Kier molecular flexibility index (Phi) is 7.22. The fraction of sp³-hybridized carbons (Fsp3) is 0.571. The number of rotatable bonds is 9. The van der Waals surface area contributed by atoms with Crippen LogP contribution in [0.2, 0.25) is 0 Å². The van der Waals surface area contributed by atoms with Gasteiger partial charge in [0.15, 0.2) is 5.16 Å². The van der Waals surface area contributed by atoms with E-state index in [-0.39, 0.29) is 23.6 Å². The number of carbonyl (C=O) groups is 1. The smallest absolute Gasteiger partial charge is 0.230 e. The van der Waals surface area contributed by atoms with Gasteiger partial charge in [-0.1, -0.05) is 23.9 Å². The van der Waals surface area contributed by atoms with Crippen molar-refractivity contribution in [3.05, 3.63) is 35.6 Å². The highest BCUT2D eigenvalue weighted by Gasteiger charge is 2.25. The van der Waals surface area contributed by atoms with E-state index in [9.17, 15) is 9.18 Å². The van der Waals surface area contributed by atoms with Crippen molar-refractivity contribution in [2.45, 2.75) is 49.9 Å². The number of nitrogens with one attached hydrogen (secondary N) is 1. The number of halogens is 1. The van der Waals surface area contributed by atoms with Crippen LogP contribution in [0.15, 0.2) is 29.4 Å². The molecule has 0 spiro atoms. The molecule has 0 saturated carbocycles. The van der Waals surface area contributed by atoms with Crippen LogP contribution in [-0.2, 0) is 22.5 Å². The highest BCUT2D eigenvalue weighted by atomic mass is 32.2. The average Bonchev–Trinajstić information content (AvgIpc) is 3.51. The van der Waals surface area contributed by atoms with Gasteiger partial charge in [-0.25, -0.2) is 4.39 Å². The summed E-state index contributed by atoms with van der Waals surface area (Å²) in [7, 11) is 0. The zero-order valence-electron chi connectivity index (χ0n) is 17.1. The minimum absolute atomic E-state index is 0.0449. The Hall–Kier alpha value is -2.13. The van der Waals surface area contributed by atoms with E-state index in [4.69, 9.17) is 4.74 Å². The van der Waals surface area contributed by atoms with Crippen LogP contribution in [-0.4, -0.2) is 58.8 Å². The van der Waals surface area contributed by atoms with Gasteiger partial charge < -0.3 is 15.0 Å². The number of carbonyl (C=O) groups excluding carboxylic acids is 1. The van der Waals surface area contributed by atoms with Gasteiger partial charge in [-0.2, -0.15) is 0 Å². The maximum atomic E-state index is 13.0. The van der Waals surface area contributed by atoms with Crippen molar-refractivity contribution in [1.82, 2.24) is 20.1 Å². The SMILES string of the molecule is O=C(CSc1nnc(N2CCCC2)n1C[C@H]1CCCO1)NCCc1ccc(F)cc1. The zero-order valence-corrected chi connectivity index (χ0v) is 17.9. The second-order valence-electron chi connectivity index (χ2n) is 7.74. The first-order valence-electron chi connectivity index (χ1n) is 10.6. The summed E-state index contributed by atoms with van der Waals surface area (Å²) in [5, 5.41) is 12.5. The van der Waals surface area contributed by atoms with Gasteiger partial charge in [0.2, 0.25) is 11.9 Å². The third-order valence-electron chi connectivity index (χ3n) is 5.48. The molecule has 1 aromatic heterocycles. The highest BCUT2D eigenvalue weighted by Crippen LogP contribution is 2.27. The summed E-state index contributed by atoms with van der Waals surface area (Å²) >= 11 is 1.41. The Bertz CT molecular complexity index is 832. The molecule has 0 bridgehead atoms. The quantitative estimate of drug-likeness (QED) is 0.613. The molecule has 7 nitrogen and oxygen atoms in total. The maximum Gasteiger partial charge on any atom is 0.230 e. The first kappa shape index (κ1) is 21.1. The Balaban J connectivity index is 1.31. The Morgan fingerprint density at radius 3 is 2.73 bits per heavy atom. The van der Waals surface area contributed by atoms with Crippen LogP contribution in [0, 0.1) is 5.82 Å². The predicted octanol–water partition coefficient (Wildman–Crippen LogP) is 2.65. The summed E-state index contributed by atoms with van der Waals surface area (Å²) < 4.78 is 20.9. The third-order valence-corrected chi connectivity index (χ3v) is 6.44. The fourth-order valence-corrected chi connectivity index (χ4v) is 4.64. The number of hydrogen-bond donors (Lipinski definition) is 1. The third kappa shape index (κ3) is 5.51. The van der Waals surface area contributed by atoms with Gasteiger partial charge in [-0.15, -0.1) is 10.2 Å². The van der Waals surface area contributed by atoms with E-state index in [0.29, 0.717) is 13.0 Å². The molecular weight excluding hydrogens is 405 g/mol. The van der Waals surface area contributed by atoms with Crippen molar-refractivity contribution >= 4 is 23.6 Å². The van der Waals surface area contributed by atoms with Gasteiger partial charge in [0.1, 0.15) is 5.82 Å². The Morgan fingerprint density at radius 1 is 1.20 bits per heavy atom. The van der Waals surface area contributed by atoms with Gasteiger partial charge in [0.05, 0.1) is 18.4 Å². The van der Waals surface area contributed by atoms with E-state index in [0.717, 1.165) is 55.8 Å². The average molecular weight is 434 g/mol. The largest absolute Gasteiger partial charge is 0.376 e. The first-order chi connectivity index (χ1) is 14.7. The van der Waals surface area contributed by atoms with E-state index in [1.54, 1.807) is 12.1 Å². The molecule has 0 unspecified atom stereocenters. The van der Waals surface area contributed by atoms with Gasteiger partial charge in [0.25, 0.3) is 0 Å². The molecule has 1 amide bonds. The zero-order chi connectivity index (χ0) is 20.8. The highest BCUT2D eigenvalue weighted by molar-refractivity contribution is 7.99. The molecule has 2 aliphatic heterocycles. The van der Waals surface area contributed by atoms with E-state index in [2.05, 4.69) is 25.0 Å². The summed E-state index contributed by atoms with van der Waals surface area (Å²) in [4.78, 5) is 14.6. The molecule has 162 valence electrons. The number of hydrogen-bond acceptors (Lipinski definition) is 6. The van der Waals surface area contributed by atoms with Crippen molar-refractivity contribution in [2.75, 3.05) is 36.9 Å². The second kappa shape index (κ2) is 10.3. The number of thioether (sulfide) groups is 1. The molecule has 4 rings (SSSR count). The summed E-state index contributed by atoms with van der Waals surface area (Å²) in [6.07, 6.45) is 5.34. The van der Waals surface area contributed by atoms with Crippen LogP contribution in [0.3, 0.4) is 0 Å². The van der Waals surface area contributed by atoms with Crippen molar-refractivity contribution in [2.24, 2.45) is 0 Å². The van der Waals surface area contributed by atoms with Gasteiger partial charge >= 0.3 is 0 Å². The summed E-state index contributed by atoms with van der Waals surface area (Å²) in [5.41, 5.74) is 0.996. The summed E-state index contributed by atoms with van der Waals surface area (Å²) in [5.74, 6) is 0.880. The summed E-state index contributed by atoms with van der Waals surface area (Å²) in [6, 6.07) is 6.35. The standard InChI is InChI=1S/C21H28FN5O2S/c22-17-7-5-16(6-8-17)9-10-23-19(28)15-30-21-25-24-20(26-11-1-2-12-26)27(21)14-18-4-3-13-29-18/h5-8,18H,1-4,9-15H2,(H,23,28)/t18-/m1/s1. The number of ether oxygens (including phenoxy) is 1.